The molecule has 1 fully saturated rings. The third kappa shape index (κ3) is 6.99. The molecule has 0 saturated carbocycles. The summed E-state index contributed by atoms with van der Waals surface area (Å²) in [4.78, 5) is 13.7. The van der Waals surface area contributed by atoms with Crippen molar-refractivity contribution >= 4 is 52.9 Å². The van der Waals surface area contributed by atoms with Gasteiger partial charge in [-0.2, -0.15) is 4.98 Å². The fourth-order valence-corrected chi connectivity index (χ4v) is 5.94. The maximum absolute atomic E-state index is 12.8. The Morgan fingerprint density at radius 3 is 2.47 bits per heavy atom. The number of anilines is 5. The van der Waals surface area contributed by atoms with E-state index in [4.69, 9.17) is 16.3 Å². The molecule has 0 radical (unpaired) electrons. The molecule has 1 aliphatic heterocycles. The second-order valence-electron chi connectivity index (χ2n) is 10.5. The van der Waals surface area contributed by atoms with Crippen LogP contribution in [0.2, 0.25) is 5.02 Å². The Kier molecular flexibility index (Phi) is 8.86. The number of nitrogens with zero attached hydrogens (tertiary/aromatic N) is 4. The van der Waals surface area contributed by atoms with E-state index in [1.807, 2.05) is 50.2 Å². The Hall–Kier alpha value is -2.80. The van der Waals surface area contributed by atoms with Crippen LogP contribution in [0.3, 0.4) is 0 Å². The van der Waals surface area contributed by atoms with E-state index in [0.717, 1.165) is 48.4 Å². The van der Waals surface area contributed by atoms with Gasteiger partial charge < -0.3 is 29.7 Å². The largest absolute Gasteiger partial charge is 0.489 e. The van der Waals surface area contributed by atoms with Gasteiger partial charge in [0, 0.05) is 36.2 Å². The summed E-state index contributed by atoms with van der Waals surface area (Å²) in [6, 6.07) is 14.2. The summed E-state index contributed by atoms with van der Waals surface area (Å²) in [7, 11) is 1.80. The number of halogens is 1. The van der Waals surface area contributed by atoms with Crippen LogP contribution < -0.4 is 25.6 Å². The quantitative estimate of drug-likeness (QED) is 0.302. The van der Waals surface area contributed by atoms with Crippen molar-refractivity contribution in [1.29, 1.82) is 0 Å². The van der Waals surface area contributed by atoms with E-state index in [2.05, 4.69) is 50.6 Å². The topological polar surface area (TPSA) is 82.6 Å². The van der Waals surface area contributed by atoms with E-state index in [1.54, 1.807) is 19.5 Å². The van der Waals surface area contributed by atoms with Gasteiger partial charge in [-0.15, -0.1) is 0 Å². The van der Waals surface area contributed by atoms with E-state index >= 15 is 0 Å². The van der Waals surface area contributed by atoms with Crippen molar-refractivity contribution in [3.8, 4) is 5.75 Å². The van der Waals surface area contributed by atoms with E-state index in [9.17, 15) is 4.57 Å². The predicted octanol–water partition coefficient (Wildman–Crippen LogP) is 6.18. The maximum Gasteiger partial charge on any atom is 0.229 e. The summed E-state index contributed by atoms with van der Waals surface area (Å²) in [5.74, 6) is 1.65. The predicted molar refractivity (Wildman–Crippen MR) is 160 cm³/mol. The highest BCUT2D eigenvalue weighted by atomic mass is 35.5. The zero-order chi connectivity index (χ0) is 27.4. The third-order valence-corrected chi connectivity index (χ3v) is 8.42. The fourth-order valence-electron chi connectivity index (χ4n) is 4.65. The maximum atomic E-state index is 12.8. The van der Waals surface area contributed by atoms with E-state index < -0.39 is 7.14 Å². The van der Waals surface area contributed by atoms with Crippen LogP contribution in [-0.2, 0) is 4.57 Å². The van der Waals surface area contributed by atoms with Crippen LogP contribution in [-0.4, -0.2) is 67.5 Å². The molecule has 0 bridgehead atoms. The first-order valence-electron chi connectivity index (χ1n) is 12.9. The van der Waals surface area contributed by atoms with E-state index in [-0.39, 0.29) is 6.10 Å². The summed E-state index contributed by atoms with van der Waals surface area (Å²) in [5, 5.41) is 7.64. The number of para-hydroxylation sites is 1. The minimum absolute atomic E-state index is 0.0408. The van der Waals surface area contributed by atoms with Gasteiger partial charge in [-0.1, -0.05) is 23.7 Å². The molecule has 1 saturated heterocycles. The van der Waals surface area contributed by atoms with E-state index in [0.29, 0.717) is 28.5 Å². The van der Waals surface area contributed by atoms with Crippen molar-refractivity contribution in [3.63, 3.8) is 0 Å². The Morgan fingerprint density at radius 2 is 1.82 bits per heavy atom. The van der Waals surface area contributed by atoms with Crippen molar-refractivity contribution in [2.24, 2.45) is 0 Å². The molecule has 1 aliphatic rings. The Bertz CT molecular complexity index is 1300. The average molecular weight is 557 g/mol. The molecule has 10 heteroatoms. The molecular weight excluding hydrogens is 519 g/mol. The van der Waals surface area contributed by atoms with Crippen molar-refractivity contribution in [2.45, 2.75) is 38.8 Å². The van der Waals surface area contributed by atoms with Crippen LogP contribution >= 0.6 is 18.7 Å². The summed E-state index contributed by atoms with van der Waals surface area (Å²) in [6.07, 6.45) is 3.83. The Balaban J connectivity index is 1.56. The number of piperidine rings is 1. The molecule has 0 unspecified atom stereocenters. The molecule has 3 aromatic rings. The SMILES string of the molecule is CC(C)Oc1cc(Nc2ncc(Cl)c(Nc3ccccc3P(C)(C)=O)n2)ccc1N1CCC(N(C)C)CC1. The van der Waals surface area contributed by atoms with Crippen LogP contribution in [0.4, 0.5) is 28.8 Å². The number of nitrogens with one attached hydrogen (secondary N) is 2. The molecule has 4 rings (SSSR count). The number of benzene rings is 2. The van der Waals surface area contributed by atoms with Gasteiger partial charge in [-0.25, -0.2) is 4.98 Å². The van der Waals surface area contributed by atoms with Crippen molar-refractivity contribution in [1.82, 2.24) is 14.9 Å². The molecule has 38 heavy (non-hydrogen) atoms. The average Bonchev–Trinajstić information content (AvgIpc) is 2.86. The number of rotatable bonds is 9. The van der Waals surface area contributed by atoms with Gasteiger partial charge in [0.2, 0.25) is 5.95 Å². The molecule has 2 aromatic carbocycles. The normalized spacial score (nSPS) is 14.7. The molecule has 1 aromatic heterocycles. The van der Waals surface area contributed by atoms with Crippen molar-refractivity contribution in [3.05, 3.63) is 53.7 Å². The molecule has 2 N–H and O–H groups in total. The lowest BCUT2D eigenvalue weighted by molar-refractivity contribution is 0.237. The van der Waals surface area contributed by atoms with Crippen molar-refractivity contribution in [2.75, 3.05) is 56.0 Å². The minimum atomic E-state index is -2.50. The Morgan fingerprint density at radius 1 is 1.11 bits per heavy atom. The highest BCUT2D eigenvalue weighted by Gasteiger charge is 2.23. The first-order valence-corrected chi connectivity index (χ1v) is 15.9. The zero-order valence-corrected chi connectivity index (χ0v) is 24.7. The second-order valence-corrected chi connectivity index (χ2v) is 14.1. The summed E-state index contributed by atoms with van der Waals surface area (Å²) in [6.45, 7) is 9.53. The van der Waals surface area contributed by atoms with Gasteiger partial charge in [0.15, 0.2) is 5.82 Å². The van der Waals surface area contributed by atoms with Crippen molar-refractivity contribution < 1.29 is 9.30 Å². The monoisotopic (exact) mass is 556 g/mol. The van der Waals surface area contributed by atoms with Crippen LogP contribution in [0.5, 0.6) is 5.75 Å². The van der Waals surface area contributed by atoms with Crippen LogP contribution in [0.25, 0.3) is 0 Å². The molecule has 204 valence electrons. The van der Waals surface area contributed by atoms with Gasteiger partial charge in [0.25, 0.3) is 0 Å². The van der Waals surface area contributed by atoms with Gasteiger partial charge in [0.1, 0.15) is 17.9 Å². The third-order valence-electron chi connectivity index (χ3n) is 6.60. The molecule has 0 amide bonds. The molecule has 0 atom stereocenters. The zero-order valence-electron chi connectivity index (χ0n) is 23.0. The molecule has 2 heterocycles. The molecule has 0 spiro atoms. The number of hydrogen-bond donors (Lipinski definition) is 2. The number of aromatic nitrogens is 2. The Labute approximate surface area is 231 Å². The van der Waals surface area contributed by atoms with Gasteiger partial charge in [-0.05, 0) is 78.4 Å². The second kappa shape index (κ2) is 11.9. The molecular formula is C28H38ClN6O2P. The first-order chi connectivity index (χ1) is 18.0. The first kappa shape index (κ1) is 28.2. The lowest BCUT2D eigenvalue weighted by Gasteiger charge is -2.37. The fraction of sp³-hybridized carbons (Fsp3) is 0.429. The van der Waals surface area contributed by atoms with Crippen LogP contribution in [0.15, 0.2) is 48.7 Å². The van der Waals surface area contributed by atoms with Crippen LogP contribution in [0, 0.1) is 0 Å². The lowest BCUT2D eigenvalue weighted by Crippen LogP contribution is -2.42. The summed E-state index contributed by atoms with van der Waals surface area (Å²) >= 11 is 6.42. The highest BCUT2D eigenvalue weighted by molar-refractivity contribution is 7.70. The summed E-state index contributed by atoms with van der Waals surface area (Å²) in [5.41, 5.74) is 2.62. The number of ether oxygens (including phenoxy) is 1. The standard InChI is InChI=1S/C28H38ClN6O2P/c1-19(2)37-25-17-20(11-12-24(25)35-15-13-21(14-16-35)34(3)4)31-28-30-18-22(29)27(33-28)32-23-9-7-8-10-26(23)38(5,6)36/h7-12,17-19,21H,13-16H2,1-6H3,(H2,30,31,32,33). The van der Waals surface area contributed by atoms with Crippen LogP contribution in [0.1, 0.15) is 26.7 Å². The van der Waals surface area contributed by atoms with Gasteiger partial charge in [-0.3, -0.25) is 0 Å². The highest BCUT2D eigenvalue weighted by Crippen LogP contribution is 2.39. The van der Waals surface area contributed by atoms with E-state index in [1.165, 1.54) is 0 Å². The molecule has 8 nitrogen and oxygen atoms in total. The number of hydrogen-bond acceptors (Lipinski definition) is 8. The molecule has 0 aliphatic carbocycles. The smallest absolute Gasteiger partial charge is 0.229 e. The summed E-state index contributed by atoms with van der Waals surface area (Å²) < 4.78 is 19.0. The lowest BCUT2D eigenvalue weighted by atomic mass is 10.0. The van der Waals surface area contributed by atoms with Gasteiger partial charge in [0.05, 0.1) is 23.7 Å². The minimum Gasteiger partial charge on any atom is -0.489 e. The van der Waals surface area contributed by atoms with Gasteiger partial charge >= 0.3 is 0 Å².